The van der Waals surface area contributed by atoms with E-state index in [1.165, 1.54) is 6.42 Å². The van der Waals surface area contributed by atoms with Crippen molar-refractivity contribution in [3.05, 3.63) is 24.3 Å². The highest BCUT2D eigenvalue weighted by Crippen LogP contribution is 2.40. The summed E-state index contributed by atoms with van der Waals surface area (Å²) in [4.78, 5) is 36.1. The Morgan fingerprint density at radius 3 is 2.65 bits per heavy atom. The molecule has 1 unspecified atom stereocenters. The maximum atomic E-state index is 13.1. The summed E-state index contributed by atoms with van der Waals surface area (Å²) >= 11 is 0. The van der Waals surface area contributed by atoms with E-state index in [1.54, 1.807) is 30.5 Å². The summed E-state index contributed by atoms with van der Waals surface area (Å²) in [7, 11) is 1.61. The van der Waals surface area contributed by atoms with Crippen molar-refractivity contribution in [2.75, 3.05) is 13.6 Å². The minimum atomic E-state index is -1.00. The number of aromatic nitrogens is 2. The zero-order valence-corrected chi connectivity index (χ0v) is 13.6. The van der Waals surface area contributed by atoms with Crippen molar-refractivity contribution in [3.8, 4) is 0 Å². The van der Waals surface area contributed by atoms with Gasteiger partial charge in [0.05, 0.1) is 11.9 Å². The summed E-state index contributed by atoms with van der Waals surface area (Å²) in [5.41, 5.74) is -0.432. The second kappa shape index (κ2) is 6.64. The van der Waals surface area contributed by atoms with Crippen LogP contribution in [0.1, 0.15) is 50.6 Å². The molecule has 0 bridgehead atoms. The zero-order valence-electron chi connectivity index (χ0n) is 13.6. The molecule has 1 saturated heterocycles. The lowest BCUT2D eigenvalue weighted by molar-refractivity contribution is -0.149. The number of nitrogens with one attached hydrogen (secondary N) is 1. The number of hydrogen-bond donors (Lipinski definition) is 1. The maximum Gasteiger partial charge on any atom is 0.252 e. The fourth-order valence-corrected chi connectivity index (χ4v) is 4.03. The first-order chi connectivity index (χ1) is 11.2. The van der Waals surface area contributed by atoms with Gasteiger partial charge < -0.3 is 10.2 Å². The second-order valence-electron chi connectivity index (χ2n) is 6.46. The molecule has 0 aromatic carbocycles. The number of carbonyl (C=O) groups is 2. The molecule has 23 heavy (non-hydrogen) atoms. The van der Waals surface area contributed by atoms with Crippen LogP contribution in [-0.4, -0.2) is 40.3 Å². The molecule has 2 heterocycles. The molecule has 1 aromatic heterocycles. The molecule has 1 saturated carbocycles. The van der Waals surface area contributed by atoms with Crippen LogP contribution < -0.4 is 5.32 Å². The van der Waals surface area contributed by atoms with Crippen molar-refractivity contribution >= 4 is 11.8 Å². The molecule has 1 aliphatic heterocycles. The lowest BCUT2D eigenvalue weighted by Crippen LogP contribution is -2.56. The summed E-state index contributed by atoms with van der Waals surface area (Å²) in [6.45, 7) is 0.610. The Morgan fingerprint density at radius 2 is 2.00 bits per heavy atom. The second-order valence-corrected chi connectivity index (χ2v) is 6.46. The van der Waals surface area contributed by atoms with Crippen LogP contribution >= 0.6 is 0 Å². The Hall–Kier alpha value is -1.98. The van der Waals surface area contributed by atoms with Crippen LogP contribution in [0, 0.1) is 5.92 Å². The smallest absolute Gasteiger partial charge is 0.252 e. The zero-order chi connectivity index (χ0) is 16.3. The molecule has 0 spiro atoms. The van der Waals surface area contributed by atoms with Crippen LogP contribution in [0.2, 0.25) is 0 Å². The fraction of sp³-hybridized carbons (Fsp3) is 0.647. The molecule has 0 radical (unpaired) electrons. The Bertz CT molecular complexity index is 571. The van der Waals surface area contributed by atoms with E-state index in [-0.39, 0.29) is 17.7 Å². The fourth-order valence-electron chi connectivity index (χ4n) is 4.03. The Morgan fingerprint density at radius 1 is 1.22 bits per heavy atom. The SMILES string of the molecule is CNC(=O)C1(c2cnccn2)CCCN1C(=O)C1CCCCC1. The molecule has 6 nitrogen and oxygen atoms in total. The predicted octanol–water partition coefficient (Wildman–Crippen LogP) is 1.62. The molecule has 1 atom stereocenters. The van der Waals surface area contributed by atoms with E-state index in [0.29, 0.717) is 18.7 Å². The maximum absolute atomic E-state index is 13.1. The van der Waals surface area contributed by atoms with Gasteiger partial charge in [0.25, 0.3) is 5.91 Å². The minimum Gasteiger partial charge on any atom is -0.357 e. The van der Waals surface area contributed by atoms with Gasteiger partial charge in [0, 0.05) is 31.9 Å². The van der Waals surface area contributed by atoms with Gasteiger partial charge in [0.1, 0.15) is 0 Å². The van der Waals surface area contributed by atoms with Crippen molar-refractivity contribution in [1.29, 1.82) is 0 Å². The van der Waals surface area contributed by atoms with Crippen LogP contribution in [0.15, 0.2) is 18.6 Å². The van der Waals surface area contributed by atoms with Gasteiger partial charge in [0.15, 0.2) is 5.54 Å². The normalized spacial score (nSPS) is 25.3. The van der Waals surface area contributed by atoms with Crippen molar-refractivity contribution in [2.45, 2.75) is 50.5 Å². The average Bonchev–Trinajstić information content (AvgIpc) is 3.08. The molecule has 1 N–H and O–H groups in total. The molecule has 2 fully saturated rings. The first kappa shape index (κ1) is 15.9. The summed E-state index contributed by atoms with van der Waals surface area (Å²) < 4.78 is 0. The third-order valence-corrected chi connectivity index (χ3v) is 5.19. The molecule has 1 aromatic rings. The van der Waals surface area contributed by atoms with Gasteiger partial charge in [-0.25, -0.2) is 0 Å². The molecule has 2 amide bonds. The summed E-state index contributed by atoms with van der Waals surface area (Å²) in [6, 6.07) is 0. The van der Waals surface area contributed by atoms with E-state index in [2.05, 4.69) is 15.3 Å². The highest BCUT2D eigenvalue weighted by atomic mass is 16.2. The molecule has 6 heteroatoms. The molecule has 2 aliphatic rings. The van der Waals surface area contributed by atoms with Crippen molar-refractivity contribution in [3.63, 3.8) is 0 Å². The Labute approximate surface area is 136 Å². The summed E-state index contributed by atoms with van der Waals surface area (Å²) in [6.07, 6.45) is 11.5. The van der Waals surface area contributed by atoms with Crippen molar-refractivity contribution in [1.82, 2.24) is 20.2 Å². The Kier molecular flexibility index (Phi) is 4.59. The molecular formula is C17H24N4O2. The third kappa shape index (κ3) is 2.71. The topological polar surface area (TPSA) is 75.2 Å². The number of likely N-dealkylation sites (tertiary alicyclic amines) is 1. The van der Waals surface area contributed by atoms with Gasteiger partial charge in [-0.3, -0.25) is 19.6 Å². The van der Waals surface area contributed by atoms with Gasteiger partial charge in [-0.15, -0.1) is 0 Å². The van der Waals surface area contributed by atoms with E-state index >= 15 is 0 Å². The van der Waals surface area contributed by atoms with Crippen LogP contribution in [0.5, 0.6) is 0 Å². The van der Waals surface area contributed by atoms with Gasteiger partial charge in [0.2, 0.25) is 5.91 Å². The van der Waals surface area contributed by atoms with Crippen LogP contribution in [0.25, 0.3) is 0 Å². The van der Waals surface area contributed by atoms with Crippen LogP contribution in [0.4, 0.5) is 0 Å². The monoisotopic (exact) mass is 316 g/mol. The number of hydrogen-bond acceptors (Lipinski definition) is 4. The first-order valence-corrected chi connectivity index (χ1v) is 8.50. The quantitative estimate of drug-likeness (QED) is 0.919. The van der Waals surface area contributed by atoms with E-state index in [0.717, 1.165) is 32.1 Å². The summed E-state index contributed by atoms with van der Waals surface area (Å²) in [5, 5.41) is 2.73. The number of likely N-dealkylation sites (N-methyl/N-ethyl adjacent to an activating group) is 1. The number of carbonyl (C=O) groups excluding carboxylic acids is 2. The highest BCUT2D eigenvalue weighted by molar-refractivity contribution is 5.93. The number of amides is 2. The van der Waals surface area contributed by atoms with Crippen LogP contribution in [0.3, 0.4) is 0 Å². The number of rotatable bonds is 3. The molecule has 124 valence electrons. The van der Waals surface area contributed by atoms with Gasteiger partial charge in [-0.2, -0.15) is 0 Å². The van der Waals surface area contributed by atoms with E-state index in [9.17, 15) is 9.59 Å². The first-order valence-electron chi connectivity index (χ1n) is 8.50. The third-order valence-electron chi connectivity index (χ3n) is 5.19. The predicted molar refractivity (Wildman–Crippen MR) is 85.3 cm³/mol. The van der Waals surface area contributed by atoms with E-state index in [1.807, 2.05) is 0 Å². The van der Waals surface area contributed by atoms with E-state index < -0.39 is 5.54 Å². The number of nitrogens with zero attached hydrogens (tertiary/aromatic N) is 3. The minimum absolute atomic E-state index is 0.0440. The Balaban J connectivity index is 1.97. The molecule has 1 aliphatic carbocycles. The van der Waals surface area contributed by atoms with Gasteiger partial charge >= 0.3 is 0 Å². The van der Waals surface area contributed by atoms with Gasteiger partial charge in [-0.05, 0) is 25.7 Å². The molecular weight excluding hydrogens is 292 g/mol. The highest BCUT2D eigenvalue weighted by Gasteiger charge is 2.52. The standard InChI is InChI=1S/C17H24N4O2/c1-18-16(23)17(14-12-19-9-10-20-14)8-5-11-21(17)15(22)13-6-3-2-4-7-13/h9-10,12-13H,2-8,11H2,1H3,(H,18,23). The average molecular weight is 316 g/mol. The van der Waals surface area contributed by atoms with Crippen molar-refractivity contribution < 1.29 is 9.59 Å². The lowest BCUT2D eigenvalue weighted by atomic mass is 9.85. The van der Waals surface area contributed by atoms with Crippen LogP contribution in [-0.2, 0) is 15.1 Å². The largest absolute Gasteiger partial charge is 0.357 e. The lowest BCUT2D eigenvalue weighted by Gasteiger charge is -2.38. The van der Waals surface area contributed by atoms with E-state index in [4.69, 9.17) is 0 Å². The van der Waals surface area contributed by atoms with Gasteiger partial charge in [-0.1, -0.05) is 19.3 Å². The summed E-state index contributed by atoms with van der Waals surface area (Å²) in [5.74, 6) is -0.0151. The van der Waals surface area contributed by atoms with Crippen molar-refractivity contribution in [2.24, 2.45) is 5.92 Å². The molecule has 3 rings (SSSR count).